The maximum Gasteiger partial charge on any atom is 0.416 e. The Morgan fingerprint density at radius 2 is 1.77 bits per heavy atom. The summed E-state index contributed by atoms with van der Waals surface area (Å²) in [5.74, 6) is -1.41. The van der Waals surface area contributed by atoms with Crippen LogP contribution < -0.4 is 4.74 Å². The summed E-state index contributed by atoms with van der Waals surface area (Å²) in [7, 11) is 0. The van der Waals surface area contributed by atoms with Gasteiger partial charge in [-0.2, -0.15) is 13.2 Å². The van der Waals surface area contributed by atoms with Crippen LogP contribution in [0.15, 0.2) is 48.5 Å². The molecule has 22 heavy (non-hydrogen) atoms. The van der Waals surface area contributed by atoms with Gasteiger partial charge in [0.1, 0.15) is 5.75 Å². The standard InChI is InChI=1S/C15H10ClF3O3/c16-11-8-10(15(17,18)19)6-7-12(11)22-13(14(20)21)9-4-2-1-3-5-9/h1-8,13H,(H,20,21). The van der Waals surface area contributed by atoms with Crippen molar-refractivity contribution in [3.8, 4) is 5.75 Å². The zero-order valence-corrected chi connectivity index (χ0v) is 11.7. The van der Waals surface area contributed by atoms with Gasteiger partial charge in [-0.25, -0.2) is 4.79 Å². The number of benzene rings is 2. The molecule has 3 nitrogen and oxygen atoms in total. The second-order valence-corrected chi connectivity index (χ2v) is 4.80. The minimum atomic E-state index is -4.53. The maximum absolute atomic E-state index is 12.6. The van der Waals surface area contributed by atoms with Gasteiger partial charge < -0.3 is 9.84 Å². The van der Waals surface area contributed by atoms with Crippen molar-refractivity contribution in [2.45, 2.75) is 12.3 Å². The number of aliphatic carboxylic acids is 1. The Kier molecular flexibility index (Phi) is 4.61. The average molecular weight is 331 g/mol. The Bertz CT molecular complexity index is 671. The molecule has 0 aliphatic carbocycles. The van der Waals surface area contributed by atoms with E-state index < -0.39 is 23.8 Å². The quantitative estimate of drug-likeness (QED) is 0.893. The van der Waals surface area contributed by atoms with E-state index >= 15 is 0 Å². The lowest BCUT2D eigenvalue weighted by atomic mass is 10.1. The first-order chi connectivity index (χ1) is 10.3. The normalized spacial score (nSPS) is 12.7. The minimum Gasteiger partial charge on any atom is -0.478 e. The lowest BCUT2D eigenvalue weighted by Gasteiger charge is -2.17. The number of hydrogen-bond acceptors (Lipinski definition) is 2. The van der Waals surface area contributed by atoms with E-state index in [-0.39, 0.29) is 10.8 Å². The van der Waals surface area contributed by atoms with Crippen LogP contribution in [-0.2, 0) is 11.0 Å². The van der Waals surface area contributed by atoms with Crippen molar-refractivity contribution in [1.29, 1.82) is 0 Å². The van der Waals surface area contributed by atoms with Crippen LogP contribution in [0.2, 0.25) is 5.02 Å². The Morgan fingerprint density at radius 1 is 1.14 bits per heavy atom. The Labute approximate surface area is 128 Å². The Balaban J connectivity index is 2.30. The molecule has 2 aromatic carbocycles. The van der Waals surface area contributed by atoms with Crippen molar-refractivity contribution < 1.29 is 27.8 Å². The number of halogens is 4. The second kappa shape index (κ2) is 6.27. The number of ether oxygens (including phenoxy) is 1. The first-order valence-corrected chi connectivity index (χ1v) is 6.48. The third kappa shape index (κ3) is 3.71. The molecule has 0 aliphatic rings. The molecule has 1 unspecified atom stereocenters. The van der Waals surface area contributed by atoms with Gasteiger partial charge in [0.15, 0.2) is 0 Å². The van der Waals surface area contributed by atoms with E-state index in [4.69, 9.17) is 16.3 Å². The Morgan fingerprint density at radius 3 is 2.27 bits per heavy atom. The van der Waals surface area contributed by atoms with Gasteiger partial charge in [-0.15, -0.1) is 0 Å². The van der Waals surface area contributed by atoms with Gasteiger partial charge in [-0.3, -0.25) is 0 Å². The van der Waals surface area contributed by atoms with Crippen molar-refractivity contribution >= 4 is 17.6 Å². The van der Waals surface area contributed by atoms with Crippen LogP contribution in [-0.4, -0.2) is 11.1 Å². The van der Waals surface area contributed by atoms with Gasteiger partial charge in [0.05, 0.1) is 10.6 Å². The summed E-state index contributed by atoms with van der Waals surface area (Å²) >= 11 is 5.75. The first kappa shape index (κ1) is 16.2. The summed E-state index contributed by atoms with van der Waals surface area (Å²) < 4.78 is 42.9. The molecule has 0 aromatic heterocycles. The highest BCUT2D eigenvalue weighted by atomic mass is 35.5. The maximum atomic E-state index is 12.6. The fourth-order valence-electron chi connectivity index (χ4n) is 1.79. The number of carbonyl (C=O) groups is 1. The van der Waals surface area contributed by atoms with Crippen LogP contribution in [0.3, 0.4) is 0 Å². The molecular formula is C15H10ClF3O3. The summed E-state index contributed by atoms with van der Waals surface area (Å²) in [6.45, 7) is 0. The van der Waals surface area contributed by atoms with Gasteiger partial charge >= 0.3 is 12.1 Å². The molecule has 0 bridgehead atoms. The number of carboxylic acid groups (broad SMARTS) is 1. The summed E-state index contributed by atoms with van der Waals surface area (Å²) in [5, 5.41) is 8.91. The van der Waals surface area contributed by atoms with E-state index in [9.17, 15) is 23.1 Å². The van der Waals surface area contributed by atoms with Crippen LogP contribution in [0.4, 0.5) is 13.2 Å². The third-order valence-corrected chi connectivity index (χ3v) is 3.13. The number of carboxylic acids is 1. The highest BCUT2D eigenvalue weighted by Gasteiger charge is 2.31. The molecule has 0 heterocycles. The molecule has 2 rings (SSSR count). The average Bonchev–Trinajstić information content (AvgIpc) is 2.45. The SMILES string of the molecule is O=C(O)C(Oc1ccc(C(F)(F)F)cc1Cl)c1ccccc1. The zero-order valence-electron chi connectivity index (χ0n) is 11.0. The largest absolute Gasteiger partial charge is 0.478 e. The lowest BCUT2D eigenvalue weighted by molar-refractivity contribution is -0.145. The Hall–Kier alpha value is -2.21. The molecule has 0 radical (unpaired) electrons. The molecular weight excluding hydrogens is 321 g/mol. The second-order valence-electron chi connectivity index (χ2n) is 4.39. The molecule has 0 spiro atoms. The van der Waals surface area contributed by atoms with Gasteiger partial charge in [0.2, 0.25) is 6.10 Å². The fourth-order valence-corrected chi connectivity index (χ4v) is 2.01. The lowest BCUT2D eigenvalue weighted by Crippen LogP contribution is -2.18. The molecule has 2 aromatic rings. The molecule has 0 saturated carbocycles. The predicted molar refractivity (Wildman–Crippen MR) is 73.9 cm³/mol. The third-order valence-electron chi connectivity index (χ3n) is 2.83. The summed E-state index contributed by atoms with van der Waals surface area (Å²) in [6, 6.07) is 10.5. The van der Waals surface area contributed by atoms with Crippen LogP contribution in [0.5, 0.6) is 5.75 Å². The number of hydrogen-bond donors (Lipinski definition) is 1. The van der Waals surface area contributed by atoms with E-state index in [1.165, 1.54) is 12.1 Å². The fraction of sp³-hybridized carbons (Fsp3) is 0.133. The van der Waals surface area contributed by atoms with Crippen molar-refractivity contribution in [2.75, 3.05) is 0 Å². The van der Waals surface area contributed by atoms with Crippen LogP contribution >= 0.6 is 11.6 Å². The summed E-state index contributed by atoms with van der Waals surface area (Å²) in [4.78, 5) is 11.3. The number of rotatable bonds is 4. The molecule has 1 atom stereocenters. The number of alkyl halides is 3. The zero-order chi connectivity index (χ0) is 16.3. The molecule has 7 heteroatoms. The van der Waals surface area contributed by atoms with E-state index in [0.717, 1.165) is 12.1 Å². The van der Waals surface area contributed by atoms with Gasteiger partial charge in [-0.05, 0) is 18.2 Å². The highest BCUT2D eigenvalue weighted by molar-refractivity contribution is 6.32. The molecule has 0 amide bonds. The van der Waals surface area contributed by atoms with E-state index in [1.54, 1.807) is 18.2 Å². The summed E-state index contributed by atoms with van der Waals surface area (Å²) in [5.41, 5.74) is -0.581. The molecule has 116 valence electrons. The summed E-state index contributed by atoms with van der Waals surface area (Å²) in [6.07, 6.45) is -5.90. The highest BCUT2D eigenvalue weighted by Crippen LogP contribution is 2.36. The van der Waals surface area contributed by atoms with Crippen LogP contribution in [0.1, 0.15) is 17.2 Å². The van der Waals surface area contributed by atoms with E-state index in [2.05, 4.69) is 0 Å². The van der Waals surface area contributed by atoms with Crippen molar-refractivity contribution in [3.05, 3.63) is 64.7 Å². The molecule has 0 saturated heterocycles. The molecule has 0 aliphatic heterocycles. The predicted octanol–water partition coefficient (Wildman–Crippen LogP) is 4.56. The van der Waals surface area contributed by atoms with Gasteiger partial charge in [-0.1, -0.05) is 41.9 Å². The minimum absolute atomic E-state index is 0.133. The van der Waals surface area contributed by atoms with Gasteiger partial charge in [0, 0.05) is 5.56 Å². The smallest absolute Gasteiger partial charge is 0.416 e. The van der Waals surface area contributed by atoms with Crippen molar-refractivity contribution in [1.82, 2.24) is 0 Å². The topological polar surface area (TPSA) is 46.5 Å². The van der Waals surface area contributed by atoms with Crippen LogP contribution in [0, 0.1) is 0 Å². The van der Waals surface area contributed by atoms with Crippen molar-refractivity contribution in [2.24, 2.45) is 0 Å². The molecule has 1 N–H and O–H groups in total. The monoisotopic (exact) mass is 330 g/mol. The van der Waals surface area contributed by atoms with E-state index in [1.807, 2.05) is 0 Å². The van der Waals surface area contributed by atoms with Gasteiger partial charge in [0.25, 0.3) is 0 Å². The first-order valence-electron chi connectivity index (χ1n) is 6.10. The molecule has 0 fully saturated rings. The van der Waals surface area contributed by atoms with Crippen LogP contribution in [0.25, 0.3) is 0 Å². The van der Waals surface area contributed by atoms with Crippen molar-refractivity contribution in [3.63, 3.8) is 0 Å². The van der Waals surface area contributed by atoms with E-state index in [0.29, 0.717) is 11.6 Å².